The third kappa shape index (κ3) is 2.35. The lowest BCUT2D eigenvalue weighted by Crippen LogP contribution is -1.89. The Labute approximate surface area is 109 Å². The van der Waals surface area contributed by atoms with Gasteiger partial charge in [-0.2, -0.15) is 0 Å². The second-order valence-corrected chi connectivity index (χ2v) is 5.45. The van der Waals surface area contributed by atoms with E-state index in [1.165, 1.54) is 45.6 Å². The number of thioether (sulfide) groups is 1. The van der Waals surface area contributed by atoms with Crippen molar-refractivity contribution in [3.8, 4) is 0 Å². The molecule has 1 aromatic rings. The molecule has 0 fully saturated rings. The molecule has 1 heteroatoms. The number of hydrogen-bond donors (Lipinski definition) is 0. The zero-order valence-corrected chi connectivity index (χ0v) is 11.8. The Morgan fingerprint density at radius 1 is 1.35 bits per heavy atom. The van der Waals surface area contributed by atoms with Crippen LogP contribution in [0.4, 0.5) is 0 Å². The molecule has 1 aliphatic carbocycles. The van der Waals surface area contributed by atoms with E-state index in [0.717, 1.165) is 6.42 Å². The summed E-state index contributed by atoms with van der Waals surface area (Å²) in [5.74, 6) is 0. The van der Waals surface area contributed by atoms with E-state index in [2.05, 4.69) is 44.9 Å². The van der Waals surface area contributed by atoms with Gasteiger partial charge in [-0.25, -0.2) is 0 Å². The van der Waals surface area contributed by atoms with Crippen LogP contribution in [0.5, 0.6) is 0 Å². The molecule has 0 amide bonds. The van der Waals surface area contributed by atoms with E-state index < -0.39 is 0 Å². The van der Waals surface area contributed by atoms with Crippen molar-refractivity contribution < 1.29 is 0 Å². The summed E-state index contributed by atoms with van der Waals surface area (Å²) >= 11 is 1.83. The van der Waals surface area contributed by atoms with E-state index in [0.29, 0.717) is 0 Å². The van der Waals surface area contributed by atoms with Crippen LogP contribution in [0, 0.1) is 0 Å². The van der Waals surface area contributed by atoms with E-state index in [1.54, 1.807) is 0 Å². The third-order valence-electron chi connectivity index (χ3n) is 3.42. The van der Waals surface area contributed by atoms with Crippen molar-refractivity contribution in [2.75, 3.05) is 6.26 Å². The molecule has 17 heavy (non-hydrogen) atoms. The Bertz CT molecular complexity index is 480. The minimum Gasteiger partial charge on any atom is -0.129 e. The smallest absolute Gasteiger partial charge is 0.0131 e. The van der Waals surface area contributed by atoms with E-state index >= 15 is 0 Å². The molecule has 0 atom stereocenters. The van der Waals surface area contributed by atoms with Crippen molar-refractivity contribution in [2.24, 2.45) is 0 Å². The van der Waals surface area contributed by atoms with E-state index in [1.807, 2.05) is 11.8 Å². The molecular weight excluding hydrogens is 224 g/mol. The zero-order valence-electron chi connectivity index (χ0n) is 11.0. The molecule has 0 aromatic heterocycles. The lowest BCUT2D eigenvalue weighted by atomic mass is 10.0. The van der Waals surface area contributed by atoms with Crippen molar-refractivity contribution in [2.45, 2.75) is 33.1 Å². The average molecular weight is 244 g/mol. The maximum atomic E-state index is 4.11. The summed E-state index contributed by atoms with van der Waals surface area (Å²) in [7, 11) is 0. The first-order chi connectivity index (χ1) is 8.17. The first kappa shape index (κ1) is 12.5. The number of allylic oxidation sites excluding steroid dienone is 2. The number of hydrogen-bond acceptors (Lipinski definition) is 1. The summed E-state index contributed by atoms with van der Waals surface area (Å²) in [5, 5.41) is 0. The molecule has 2 rings (SSSR count). The van der Waals surface area contributed by atoms with Gasteiger partial charge in [0.25, 0.3) is 0 Å². The second-order valence-electron chi connectivity index (χ2n) is 4.64. The molecule has 1 aliphatic rings. The molecular formula is C16H20S. The van der Waals surface area contributed by atoms with Gasteiger partial charge in [-0.05, 0) is 60.3 Å². The Morgan fingerprint density at radius 2 is 2.12 bits per heavy atom. The molecule has 0 saturated carbocycles. The highest BCUT2D eigenvalue weighted by molar-refractivity contribution is 8.02. The van der Waals surface area contributed by atoms with Crippen LogP contribution in [0.1, 0.15) is 37.0 Å². The quantitative estimate of drug-likeness (QED) is 0.732. The van der Waals surface area contributed by atoms with Crippen LogP contribution in [0.3, 0.4) is 0 Å². The molecule has 0 nitrogen and oxygen atoms in total. The summed E-state index contributed by atoms with van der Waals surface area (Å²) in [6, 6.07) is 6.94. The average Bonchev–Trinajstić information content (AvgIpc) is 2.73. The molecule has 0 unspecified atom stereocenters. The van der Waals surface area contributed by atoms with Crippen molar-refractivity contribution in [3.63, 3.8) is 0 Å². The molecule has 0 aliphatic heterocycles. The Kier molecular flexibility index (Phi) is 3.78. The molecule has 90 valence electrons. The van der Waals surface area contributed by atoms with Crippen molar-refractivity contribution in [1.82, 2.24) is 0 Å². The molecule has 1 aromatic carbocycles. The van der Waals surface area contributed by atoms with Crippen LogP contribution < -0.4 is 0 Å². The van der Waals surface area contributed by atoms with Crippen LogP contribution in [-0.4, -0.2) is 6.26 Å². The number of fused-ring (bicyclic) bond motifs is 1. The van der Waals surface area contributed by atoms with Gasteiger partial charge in [-0.3, -0.25) is 0 Å². The summed E-state index contributed by atoms with van der Waals surface area (Å²) in [6.07, 6.45) is 5.62. The lowest BCUT2D eigenvalue weighted by molar-refractivity contribution is 1.07. The van der Waals surface area contributed by atoms with Crippen LogP contribution in [-0.2, 0) is 12.8 Å². The maximum Gasteiger partial charge on any atom is 0.0131 e. The van der Waals surface area contributed by atoms with Gasteiger partial charge in [0.05, 0.1) is 0 Å². The molecule has 0 radical (unpaired) electrons. The van der Waals surface area contributed by atoms with Gasteiger partial charge >= 0.3 is 0 Å². The van der Waals surface area contributed by atoms with Crippen LogP contribution in [0.25, 0.3) is 5.57 Å². The Balaban J connectivity index is 2.55. The van der Waals surface area contributed by atoms with Gasteiger partial charge < -0.3 is 0 Å². The Hall–Kier alpha value is -0.950. The largest absolute Gasteiger partial charge is 0.129 e. The van der Waals surface area contributed by atoms with Gasteiger partial charge in [-0.15, -0.1) is 11.8 Å². The van der Waals surface area contributed by atoms with Crippen molar-refractivity contribution in [1.29, 1.82) is 0 Å². The summed E-state index contributed by atoms with van der Waals surface area (Å²) in [5.41, 5.74) is 7.12. The normalized spacial score (nSPS) is 16.9. The minimum absolute atomic E-state index is 1.11. The summed E-state index contributed by atoms with van der Waals surface area (Å²) in [6.45, 7) is 8.44. The number of aryl methyl sites for hydroxylation is 2. The third-order valence-corrected chi connectivity index (χ3v) is 4.42. The minimum atomic E-state index is 1.11. The Morgan fingerprint density at radius 3 is 2.71 bits per heavy atom. The number of benzene rings is 1. The topological polar surface area (TPSA) is 0 Å². The van der Waals surface area contributed by atoms with Crippen LogP contribution >= 0.6 is 11.8 Å². The van der Waals surface area contributed by atoms with E-state index in [-0.39, 0.29) is 0 Å². The maximum absolute atomic E-state index is 4.11. The summed E-state index contributed by atoms with van der Waals surface area (Å²) in [4.78, 5) is 1.39. The van der Waals surface area contributed by atoms with Gasteiger partial charge in [0, 0.05) is 4.91 Å². The van der Waals surface area contributed by atoms with E-state index in [9.17, 15) is 0 Å². The first-order valence-electron chi connectivity index (χ1n) is 6.22. The SMILES string of the molecule is C=C(C)/C(SC)=C1\CCc2ccc(CC)cc21. The predicted octanol–water partition coefficient (Wildman–Crippen LogP) is 4.85. The highest BCUT2D eigenvalue weighted by atomic mass is 32.2. The first-order valence-corrected chi connectivity index (χ1v) is 7.45. The lowest BCUT2D eigenvalue weighted by Gasteiger charge is -2.10. The molecule has 0 heterocycles. The number of rotatable bonds is 3. The van der Waals surface area contributed by atoms with Gasteiger partial charge in [-0.1, -0.05) is 31.7 Å². The highest BCUT2D eigenvalue weighted by Crippen LogP contribution is 2.40. The van der Waals surface area contributed by atoms with Crippen molar-refractivity contribution in [3.05, 3.63) is 51.9 Å². The molecule has 0 N–H and O–H groups in total. The second kappa shape index (κ2) is 5.14. The molecule has 0 bridgehead atoms. The fourth-order valence-corrected chi connectivity index (χ4v) is 3.33. The van der Waals surface area contributed by atoms with E-state index in [4.69, 9.17) is 0 Å². The molecule has 0 spiro atoms. The highest BCUT2D eigenvalue weighted by Gasteiger charge is 2.19. The fourth-order valence-electron chi connectivity index (χ4n) is 2.53. The zero-order chi connectivity index (χ0) is 12.4. The van der Waals surface area contributed by atoms with Gasteiger partial charge in [0.2, 0.25) is 0 Å². The fraction of sp³-hybridized carbons (Fsp3) is 0.375. The van der Waals surface area contributed by atoms with Crippen LogP contribution in [0.15, 0.2) is 35.3 Å². The molecule has 0 saturated heterocycles. The van der Waals surface area contributed by atoms with Gasteiger partial charge in [0.15, 0.2) is 0 Å². The van der Waals surface area contributed by atoms with Gasteiger partial charge in [0.1, 0.15) is 0 Å². The predicted molar refractivity (Wildman–Crippen MR) is 79.4 cm³/mol. The standard InChI is InChI=1S/C16H20S/c1-5-12-6-7-13-8-9-14(15(13)10-12)16(17-4)11(2)3/h6-7,10H,2,5,8-9H2,1,3-4H3/b16-14-. The van der Waals surface area contributed by atoms with Crippen molar-refractivity contribution >= 4 is 17.3 Å². The van der Waals surface area contributed by atoms with Crippen LogP contribution in [0.2, 0.25) is 0 Å². The monoisotopic (exact) mass is 244 g/mol. The summed E-state index contributed by atoms with van der Waals surface area (Å²) < 4.78 is 0.